The van der Waals surface area contributed by atoms with Gasteiger partial charge in [0.2, 0.25) is 0 Å². The maximum atomic E-state index is 7.35. The molecule has 17 rings (SSSR count). The Labute approximate surface area is 527 Å². The number of anilines is 6. The Balaban J connectivity index is 0.794. The first kappa shape index (κ1) is 53.7. The SMILES string of the molecule is CC1(C)c2ccccc2N(c2ccc([Si](c3ccccc3)(c3ccccc3)c3ccccc3)cc2)c2ccc3c(oc4cc5c(cc43)oc3c4c(ccc35)N(c3ccc([Si](c5ccccc5)(c5ccccc5)c5ccccc5)cc3)c3ccccc3C4(C)C)c21. The van der Waals surface area contributed by atoms with Crippen LogP contribution >= 0.6 is 0 Å². The number of benzene rings is 13. The molecule has 13 aromatic carbocycles. The van der Waals surface area contributed by atoms with Gasteiger partial charge in [-0.3, -0.25) is 0 Å². The van der Waals surface area contributed by atoms with Gasteiger partial charge in [-0.15, -0.1) is 0 Å². The van der Waals surface area contributed by atoms with E-state index >= 15 is 0 Å². The van der Waals surface area contributed by atoms with E-state index in [2.05, 4.69) is 353 Å². The molecule has 0 fully saturated rings. The van der Waals surface area contributed by atoms with Crippen molar-refractivity contribution in [1.29, 1.82) is 0 Å². The number of para-hydroxylation sites is 2. The van der Waals surface area contributed by atoms with Crippen LogP contribution in [0.15, 0.2) is 324 Å². The summed E-state index contributed by atoms with van der Waals surface area (Å²) in [5.74, 6) is 0. The molecule has 2 aliphatic rings. The Morgan fingerprint density at radius 3 is 0.822 bits per heavy atom. The third-order valence-electron chi connectivity index (χ3n) is 20.1. The van der Waals surface area contributed by atoms with Gasteiger partial charge >= 0.3 is 0 Å². The van der Waals surface area contributed by atoms with E-state index in [1.165, 1.54) is 64.0 Å². The van der Waals surface area contributed by atoms with Crippen molar-refractivity contribution in [3.63, 3.8) is 0 Å². The molecule has 4 nitrogen and oxygen atoms in total. The maximum absolute atomic E-state index is 7.35. The zero-order valence-corrected chi connectivity index (χ0v) is 52.7. The third-order valence-corrected chi connectivity index (χ3v) is 29.7. The average Bonchev–Trinajstić information content (AvgIpc) is 1.63. The summed E-state index contributed by atoms with van der Waals surface area (Å²) in [6.07, 6.45) is 0. The monoisotopic (exact) mass is 1190 g/mol. The predicted octanol–water partition coefficient (Wildman–Crippen LogP) is 16.5. The second-order valence-corrected chi connectivity index (χ2v) is 33.1. The van der Waals surface area contributed by atoms with Crippen molar-refractivity contribution in [3.8, 4) is 0 Å². The summed E-state index contributed by atoms with van der Waals surface area (Å²) in [4.78, 5) is 4.91. The fourth-order valence-electron chi connectivity index (χ4n) is 16.1. The molecule has 0 N–H and O–H groups in total. The minimum atomic E-state index is -2.75. The number of rotatable bonds is 10. The van der Waals surface area contributed by atoms with Crippen LogP contribution in [-0.4, -0.2) is 16.1 Å². The molecule has 0 radical (unpaired) electrons. The predicted molar refractivity (Wildman–Crippen MR) is 382 cm³/mol. The van der Waals surface area contributed by atoms with Crippen molar-refractivity contribution in [2.45, 2.75) is 38.5 Å². The van der Waals surface area contributed by atoms with Gasteiger partial charge in [0.1, 0.15) is 22.3 Å². The van der Waals surface area contributed by atoms with Crippen LogP contribution in [0, 0.1) is 0 Å². The molecule has 6 heteroatoms. The molecule has 4 heterocycles. The van der Waals surface area contributed by atoms with E-state index in [1.807, 2.05) is 0 Å². The van der Waals surface area contributed by atoms with Crippen molar-refractivity contribution < 1.29 is 8.83 Å². The van der Waals surface area contributed by atoms with E-state index in [-0.39, 0.29) is 0 Å². The summed E-state index contributed by atoms with van der Waals surface area (Å²) in [5, 5.41) is 15.0. The van der Waals surface area contributed by atoms with Gasteiger partial charge in [0.05, 0.1) is 22.7 Å². The first-order valence-corrected chi connectivity index (χ1v) is 35.4. The highest BCUT2D eigenvalue weighted by molar-refractivity contribution is 7.20. The van der Waals surface area contributed by atoms with Crippen molar-refractivity contribution in [2.75, 3.05) is 9.80 Å². The van der Waals surface area contributed by atoms with E-state index in [0.717, 1.165) is 77.8 Å². The molecular formula is C84H64N2O2Si2. The number of furan rings is 2. The lowest BCUT2D eigenvalue weighted by Gasteiger charge is -2.42. The minimum absolute atomic E-state index is 0.401. The van der Waals surface area contributed by atoms with Crippen LogP contribution in [0.3, 0.4) is 0 Å². The van der Waals surface area contributed by atoms with Gasteiger partial charge in [-0.2, -0.15) is 0 Å². The fourth-order valence-corrected chi connectivity index (χ4v) is 25.5. The van der Waals surface area contributed by atoms with E-state index < -0.39 is 27.0 Å². The lowest BCUT2D eigenvalue weighted by atomic mass is 9.73. The quantitative estimate of drug-likeness (QED) is 0.101. The van der Waals surface area contributed by atoms with Gasteiger partial charge in [0.25, 0.3) is 0 Å². The number of hydrogen-bond donors (Lipinski definition) is 0. The van der Waals surface area contributed by atoms with E-state index in [0.29, 0.717) is 0 Å². The third kappa shape index (κ3) is 7.78. The normalized spacial score (nSPS) is 14.1. The zero-order valence-electron chi connectivity index (χ0n) is 50.7. The van der Waals surface area contributed by atoms with E-state index in [4.69, 9.17) is 8.83 Å². The van der Waals surface area contributed by atoms with Crippen LogP contribution in [-0.2, 0) is 10.8 Å². The number of nitrogens with zero attached hydrogens (tertiary/aromatic N) is 2. The van der Waals surface area contributed by atoms with Crippen LogP contribution in [0.2, 0.25) is 0 Å². The highest BCUT2D eigenvalue weighted by Gasteiger charge is 2.46. The summed E-state index contributed by atoms with van der Waals surface area (Å²) in [6.45, 7) is 9.41. The summed E-state index contributed by atoms with van der Waals surface area (Å²) >= 11 is 0. The van der Waals surface area contributed by atoms with Gasteiger partial charge < -0.3 is 18.6 Å². The minimum Gasteiger partial charge on any atom is -0.456 e. The molecule has 0 atom stereocenters. The Morgan fingerprint density at radius 1 is 0.256 bits per heavy atom. The zero-order chi connectivity index (χ0) is 60.3. The summed E-state index contributed by atoms with van der Waals surface area (Å²) in [6, 6.07) is 117. The summed E-state index contributed by atoms with van der Waals surface area (Å²) in [5.41, 5.74) is 14.3. The molecule has 0 bridgehead atoms. The second-order valence-electron chi connectivity index (χ2n) is 25.5. The fraction of sp³-hybridized carbons (Fsp3) is 0.0714. The van der Waals surface area contributed by atoms with Crippen molar-refractivity contribution >= 4 is 136 Å². The van der Waals surface area contributed by atoms with Crippen LogP contribution in [0.4, 0.5) is 34.1 Å². The molecule has 0 unspecified atom stereocenters. The Hall–Kier alpha value is -10.5. The van der Waals surface area contributed by atoms with Crippen LogP contribution in [0.5, 0.6) is 0 Å². The Bertz CT molecular complexity index is 4700. The molecule has 0 saturated heterocycles. The molecule has 0 amide bonds. The first-order chi connectivity index (χ1) is 44.2. The molecule has 2 aromatic heterocycles. The lowest BCUT2D eigenvalue weighted by Crippen LogP contribution is -2.74. The average molecular weight is 1190 g/mol. The molecular weight excluding hydrogens is 1130 g/mol. The largest absolute Gasteiger partial charge is 0.456 e. The van der Waals surface area contributed by atoms with E-state index in [1.54, 1.807) is 0 Å². The van der Waals surface area contributed by atoms with Crippen LogP contribution in [0.1, 0.15) is 49.9 Å². The van der Waals surface area contributed by atoms with E-state index in [9.17, 15) is 0 Å². The van der Waals surface area contributed by atoms with Crippen molar-refractivity contribution in [3.05, 3.63) is 338 Å². The maximum Gasteiger partial charge on any atom is 0.179 e. The highest BCUT2D eigenvalue weighted by Crippen LogP contribution is 2.57. The molecule has 90 heavy (non-hydrogen) atoms. The first-order valence-electron chi connectivity index (χ1n) is 31.4. The van der Waals surface area contributed by atoms with Crippen molar-refractivity contribution in [1.82, 2.24) is 0 Å². The summed E-state index contributed by atoms with van der Waals surface area (Å²) in [7, 11) is -5.50. The van der Waals surface area contributed by atoms with Gasteiger partial charge in [0, 0.05) is 54.9 Å². The Kier molecular flexibility index (Phi) is 12.3. The van der Waals surface area contributed by atoms with Crippen molar-refractivity contribution in [2.24, 2.45) is 0 Å². The molecule has 0 aliphatic carbocycles. The smallest absolute Gasteiger partial charge is 0.179 e. The molecule has 430 valence electrons. The molecule has 0 spiro atoms. The number of fused-ring (bicyclic) bond motifs is 12. The second kappa shape index (κ2) is 20.5. The summed E-state index contributed by atoms with van der Waals surface area (Å²) < 4.78 is 14.7. The van der Waals surface area contributed by atoms with Gasteiger partial charge in [-0.05, 0) is 125 Å². The van der Waals surface area contributed by atoms with Gasteiger partial charge in [0.15, 0.2) is 16.1 Å². The number of hydrogen-bond acceptors (Lipinski definition) is 4. The molecule has 0 saturated carbocycles. The van der Waals surface area contributed by atoms with Crippen LogP contribution in [0.25, 0.3) is 43.9 Å². The molecule has 15 aromatic rings. The highest BCUT2D eigenvalue weighted by atomic mass is 28.3. The van der Waals surface area contributed by atoms with Gasteiger partial charge in [-0.1, -0.05) is 270 Å². The lowest BCUT2D eigenvalue weighted by molar-refractivity contribution is 0.600. The standard InChI is InChI=1S/C84H64N2O2Si2/c1-83(2)71-39-23-25-41-73(71)85(57-43-47-65(48-44-57)89(59-27-11-5-12-28-59,60-29-13-6-14-30-60)61-31-15-7-16-32-61)75-53-51-67-69-55-78-70(56-77(69)87-81(67)79(75)83)68-52-54-76-80(82(68)88-78)84(3,4)72-40-24-26-42-74(72)86(76)58-45-49-66(50-46-58)90(62-33-17-8-18-34-62,63-35-19-9-20-36-63)64-37-21-10-22-38-64/h5-56H,1-4H3. The molecule has 2 aliphatic heterocycles. The topological polar surface area (TPSA) is 32.8 Å². The van der Waals surface area contributed by atoms with Crippen LogP contribution < -0.4 is 51.3 Å². The van der Waals surface area contributed by atoms with Gasteiger partial charge in [-0.25, -0.2) is 0 Å². The Morgan fingerprint density at radius 2 is 0.522 bits per heavy atom.